The summed E-state index contributed by atoms with van der Waals surface area (Å²) >= 11 is 0. The van der Waals surface area contributed by atoms with Crippen molar-refractivity contribution in [1.82, 2.24) is 0 Å². The monoisotopic (exact) mass is 256 g/mol. The SMILES string of the molecule is Cc1cccc(C(C)C)c1N1CCC(CC#N)CC1. The molecule has 1 aliphatic rings. The van der Waals surface area contributed by atoms with Crippen LogP contribution in [0.4, 0.5) is 5.69 Å². The number of hydrogen-bond donors (Lipinski definition) is 0. The lowest BCUT2D eigenvalue weighted by atomic mass is 9.91. The third-order valence-electron chi connectivity index (χ3n) is 4.20. The highest BCUT2D eigenvalue weighted by molar-refractivity contribution is 5.60. The van der Waals surface area contributed by atoms with Gasteiger partial charge in [0.05, 0.1) is 6.07 Å². The first-order chi connectivity index (χ1) is 9.13. The summed E-state index contributed by atoms with van der Waals surface area (Å²) in [7, 11) is 0. The number of para-hydroxylation sites is 1. The second-order valence-corrected chi connectivity index (χ2v) is 5.96. The van der Waals surface area contributed by atoms with Gasteiger partial charge in [0.25, 0.3) is 0 Å². The smallest absolute Gasteiger partial charge is 0.0624 e. The molecule has 1 fully saturated rings. The van der Waals surface area contributed by atoms with E-state index in [2.05, 4.69) is 49.9 Å². The summed E-state index contributed by atoms with van der Waals surface area (Å²) in [5.74, 6) is 1.17. The average Bonchev–Trinajstić information content (AvgIpc) is 2.40. The van der Waals surface area contributed by atoms with Crippen molar-refractivity contribution in [2.45, 2.75) is 46.0 Å². The standard InChI is InChI=1S/C17H24N2/c1-13(2)16-6-4-5-14(3)17(16)19-11-8-15(7-10-18)9-12-19/h4-6,13,15H,7-9,11-12H2,1-3H3. The summed E-state index contributed by atoms with van der Waals surface area (Å²) in [4.78, 5) is 2.53. The molecule has 0 saturated carbocycles. The number of nitrogens with zero attached hydrogens (tertiary/aromatic N) is 2. The zero-order chi connectivity index (χ0) is 13.8. The molecule has 2 rings (SSSR count). The van der Waals surface area contributed by atoms with Gasteiger partial charge in [-0.25, -0.2) is 0 Å². The van der Waals surface area contributed by atoms with E-state index in [4.69, 9.17) is 5.26 Å². The van der Waals surface area contributed by atoms with E-state index in [0.29, 0.717) is 11.8 Å². The molecule has 2 heteroatoms. The highest BCUT2D eigenvalue weighted by Gasteiger charge is 2.22. The topological polar surface area (TPSA) is 27.0 Å². The summed E-state index contributed by atoms with van der Waals surface area (Å²) in [5.41, 5.74) is 4.27. The molecule has 0 aromatic heterocycles. The normalized spacial score (nSPS) is 16.7. The molecule has 1 heterocycles. The number of rotatable bonds is 3. The zero-order valence-corrected chi connectivity index (χ0v) is 12.3. The van der Waals surface area contributed by atoms with E-state index in [1.165, 1.54) is 16.8 Å². The molecule has 19 heavy (non-hydrogen) atoms. The fourth-order valence-electron chi connectivity index (χ4n) is 3.07. The predicted molar refractivity (Wildman–Crippen MR) is 80.4 cm³/mol. The second-order valence-electron chi connectivity index (χ2n) is 5.96. The van der Waals surface area contributed by atoms with Gasteiger partial charge in [-0.1, -0.05) is 32.0 Å². The first-order valence-electron chi connectivity index (χ1n) is 7.35. The van der Waals surface area contributed by atoms with Crippen molar-refractivity contribution in [3.05, 3.63) is 29.3 Å². The van der Waals surface area contributed by atoms with Crippen LogP contribution in [0.1, 0.15) is 50.2 Å². The van der Waals surface area contributed by atoms with Gasteiger partial charge in [-0.15, -0.1) is 0 Å². The lowest BCUT2D eigenvalue weighted by Gasteiger charge is -2.35. The minimum absolute atomic E-state index is 0.562. The van der Waals surface area contributed by atoms with Crippen LogP contribution in [0.15, 0.2) is 18.2 Å². The third kappa shape index (κ3) is 3.10. The Labute approximate surface area is 117 Å². The van der Waals surface area contributed by atoms with Gasteiger partial charge in [0.1, 0.15) is 0 Å². The molecule has 0 radical (unpaired) electrons. The van der Waals surface area contributed by atoms with E-state index in [1.807, 2.05) is 0 Å². The minimum atomic E-state index is 0.562. The Balaban J connectivity index is 2.18. The van der Waals surface area contributed by atoms with Crippen molar-refractivity contribution in [1.29, 1.82) is 5.26 Å². The van der Waals surface area contributed by atoms with Gasteiger partial charge < -0.3 is 4.90 Å². The Kier molecular flexibility index (Phi) is 4.47. The van der Waals surface area contributed by atoms with Gasteiger partial charge >= 0.3 is 0 Å². The van der Waals surface area contributed by atoms with E-state index >= 15 is 0 Å². The third-order valence-corrected chi connectivity index (χ3v) is 4.20. The van der Waals surface area contributed by atoms with Gasteiger partial charge in [0, 0.05) is 25.2 Å². The minimum Gasteiger partial charge on any atom is -0.371 e. The van der Waals surface area contributed by atoms with E-state index < -0.39 is 0 Å². The van der Waals surface area contributed by atoms with Crippen LogP contribution >= 0.6 is 0 Å². The fourth-order valence-corrected chi connectivity index (χ4v) is 3.07. The maximum atomic E-state index is 8.80. The highest BCUT2D eigenvalue weighted by atomic mass is 15.1. The molecule has 1 aliphatic heterocycles. The number of nitriles is 1. The van der Waals surface area contributed by atoms with Crippen LogP contribution in [-0.4, -0.2) is 13.1 Å². The molecule has 0 N–H and O–H groups in total. The second kappa shape index (κ2) is 6.10. The Hall–Kier alpha value is -1.49. The zero-order valence-electron chi connectivity index (χ0n) is 12.3. The molecule has 0 spiro atoms. The first kappa shape index (κ1) is 13.9. The van der Waals surface area contributed by atoms with Gasteiger partial charge in [0.15, 0.2) is 0 Å². The Morgan fingerprint density at radius 2 is 2.00 bits per heavy atom. The maximum absolute atomic E-state index is 8.80. The van der Waals surface area contributed by atoms with E-state index in [9.17, 15) is 0 Å². The molecule has 1 saturated heterocycles. The Morgan fingerprint density at radius 3 is 2.58 bits per heavy atom. The molecule has 0 atom stereocenters. The largest absolute Gasteiger partial charge is 0.371 e. The predicted octanol–water partition coefficient (Wildman–Crippen LogP) is 4.25. The maximum Gasteiger partial charge on any atom is 0.0624 e. The lowest BCUT2D eigenvalue weighted by Crippen LogP contribution is -2.34. The van der Waals surface area contributed by atoms with Crippen LogP contribution in [0.2, 0.25) is 0 Å². The van der Waals surface area contributed by atoms with Crippen LogP contribution in [-0.2, 0) is 0 Å². The van der Waals surface area contributed by atoms with Crippen LogP contribution in [0.3, 0.4) is 0 Å². The summed E-state index contributed by atoms with van der Waals surface area (Å²) < 4.78 is 0. The molecule has 0 unspecified atom stereocenters. The molecule has 1 aromatic carbocycles. The van der Waals surface area contributed by atoms with Gasteiger partial charge in [-0.3, -0.25) is 0 Å². The Bertz CT molecular complexity index is 463. The molecule has 102 valence electrons. The number of aryl methyl sites for hydroxylation is 1. The molecule has 0 amide bonds. The number of anilines is 1. The number of piperidine rings is 1. The summed E-state index contributed by atoms with van der Waals surface area (Å²) in [6.07, 6.45) is 3.03. The number of benzene rings is 1. The molecule has 1 aromatic rings. The van der Waals surface area contributed by atoms with Crippen molar-refractivity contribution >= 4 is 5.69 Å². The molecular formula is C17H24N2. The van der Waals surface area contributed by atoms with E-state index in [-0.39, 0.29) is 0 Å². The molecule has 2 nitrogen and oxygen atoms in total. The average molecular weight is 256 g/mol. The summed E-state index contributed by atoms with van der Waals surface area (Å²) in [6, 6.07) is 8.95. The highest BCUT2D eigenvalue weighted by Crippen LogP contribution is 2.33. The van der Waals surface area contributed by atoms with Crippen LogP contribution in [0.5, 0.6) is 0 Å². The first-order valence-corrected chi connectivity index (χ1v) is 7.35. The van der Waals surface area contributed by atoms with Gasteiger partial charge in [-0.2, -0.15) is 5.26 Å². The van der Waals surface area contributed by atoms with Crippen LogP contribution in [0, 0.1) is 24.2 Å². The van der Waals surface area contributed by atoms with Gasteiger partial charge in [0.2, 0.25) is 0 Å². The fraction of sp³-hybridized carbons (Fsp3) is 0.588. The van der Waals surface area contributed by atoms with Crippen LogP contribution < -0.4 is 4.90 Å². The summed E-state index contributed by atoms with van der Waals surface area (Å²) in [6.45, 7) is 8.93. The van der Waals surface area contributed by atoms with Gasteiger partial charge in [-0.05, 0) is 42.7 Å². The molecule has 0 bridgehead atoms. The quantitative estimate of drug-likeness (QED) is 0.808. The Morgan fingerprint density at radius 1 is 1.32 bits per heavy atom. The van der Waals surface area contributed by atoms with Crippen molar-refractivity contribution < 1.29 is 0 Å². The molecular weight excluding hydrogens is 232 g/mol. The van der Waals surface area contributed by atoms with Crippen molar-refractivity contribution in [3.8, 4) is 6.07 Å². The van der Waals surface area contributed by atoms with Crippen molar-refractivity contribution in [2.75, 3.05) is 18.0 Å². The summed E-state index contributed by atoms with van der Waals surface area (Å²) in [5, 5.41) is 8.80. The molecule has 0 aliphatic carbocycles. The van der Waals surface area contributed by atoms with E-state index in [0.717, 1.165) is 32.4 Å². The van der Waals surface area contributed by atoms with Crippen molar-refractivity contribution in [3.63, 3.8) is 0 Å². The van der Waals surface area contributed by atoms with Crippen molar-refractivity contribution in [2.24, 2.45) is 5.92 Å². The van der Waals surface area contributed by atoms with E-state index in [1.54, 1.807) is 0 Å². The number of hydrogen-bond acceptors (Lipinski definition) is 2. The van der Waals surface area contributed by atoms with Crippen LogP contribution in [0.25, 0.3) is 0 Å². The lowest BCUT2D eigenvalue weighted by molar-refractivity contribution is 0.412.